The number of hydrogen-bond acceptors (Lipinski definition) is 1. The molecule has 0 aliphatic heterocycles. The van der Waals surface area contributed by atoms with E-state index in [0.717, 1.165) is 0 Å². The molecule has 0 saturated heterocycles. The maximum atomic E-state index is 5.30. The summed E-state index contributed by atoms with van der Waals surface area (Å²) in [6, 6.07) is 0.0531. The van der Waals surface area contributed by atoms with Gasteiger partial charge in [0, 0.05) is 6.21 Å². The number of hydrogen-bond donors (Lipinski definition) is 0. The summed E-state index contributed by atoms with van der Waals surface area (Å²) >= 11 is 0. The van der Waals surface area contributed by atoms with Crippen LogP contribution in [-0.4, -0.2) is 12.3 Å². The Morgan fingerprint density at radius 3 is 2.09 bits per heavy atom. The van der Waals surface area contributed by atoms with Gasteiger partial charge in [-0.2, -0.15) is 0 Å². The second kappa shape index (κ2) is 4.96. The summed E-state index contributed by atoms with van der Waals surface area (Å²) in [4.78, 5) is 4.28. The second-order valence-electron chi connectivity index (χ2n) is 3.40. The van der Waals surface area contributed by atoms with E-state index in [0.29, 0.717) is 11.8 Å². The van der Waals surface area contributed by atoms with Crippen LogP contribution >= 0.6 is 0 Å². The van der Waals surface area contributed by atoms with Crippen LogP contribution in [0.3, 0.4) is 0 Å². The van der Waals surface area contributed by atoms with Crippen molar-refractivity contribution in [3.63, 3.8) is 0 Å². The van der Waals surface area contributed by atoms with Crippen LogP contribution in [0.4, 0.5) is 0 Å². The standard InChI is InChI=1S/C10H17N/c1-6-10(9(4)5)11-7-8(2)3/h1,7-10H,2-5H3. The van der Waals surface area contributed by atoms with Crippen LogP contribution in [-0.2, 0) is 0 Å². The molecule has 0 aliphatic carbocycles. The molecule has 1 heteroatoms. The first-order valence-corrected chi connectivity index (χ1v) is 4.07. The average Bonchev–Trinajstić information content (AvgIpc) is 1.87. The highest BCUT2D eigenvalue weighted by Crippen LogP contribution is 2.04. The number of terminal acetylenes is 1. The minimum Gasteiger partial charge on any atom is -0.281 e. The number of rotatable bonds is 3. The van der Waals surface area contributed by atoms with E-state index in [2.05, 4.69) is 38.6 Å². The lowest BCUT2D eigenvalue weighted by atomic mass is 10.1. The zero-order valence-electron chi connectivity index (χ0n) is 7.83. The maximum absolute atomic E-state index is 5.30. The fourth-order valence-corrected chi connectivity index (χ4v) is 0.672. The highest BCUT2D eigenvalue weighted by molar-refractivity contribution is 5.60. The Labute approximate surface area is 69.9 Å². The Balaban J connectivity index is 4.00. The van der Waals surface area contributed by atoms with Crippen molar-refractivity contribution in [3.8, 4) is 12.3 Å². The fraction of sp³-hybridized carbons (Fsp3) is 0.700. The van der Waals surface area contributed by atoms with E-state index in [4.69, 9.17) is 6.42 Å². The van der Waals surface area contributed by atoms with Gasteiger partial charge in [-0.25, -0.2) is 0 Å². The van der Waals surface area contributed by atoms with Crippen molar-refractivity contribution in [1.82, 2.24) is 0 Å². The van der Waals surface area contributed by atoms with Gasteiger partial charge >= 0.3 is 0 Å². The van der Waals surface area contributed by atoms with E-state index in [1.807, 2.05) is 6.21 Å². The van der Waals surface area contributed by atoms with Crippen molar-refractivity contribution in [2.24, 2.45) is 16.8 Å². The molecule has 0 aromatic rings. The first kappa shape index (κ1) is 10.2. The molecule has 0 fully saturated rings. The van der Waals surface area contributed by atoms with Crippen molar-refractivity contribution in [3.05, 3.63) is 0 Å². The molecule has 0 aliphatic rings. The van der Waals surface area contributed by atoms with Gasteiger partial charge in [-0.3, -0.25) is 4.99 Å². The van der Waals surface area contributed by atoms with Crippen LogP contribution < -0.4 is 0 Å². The van der Waals surface area contributed by atoms with Gasteiger partial charge in [-0.15, -0.1) is 6.42 Å². The van der Waals surface area contributed by atoms with Crippen molar-refractivity contribution in [2.75, 3.05) is 0 Å². The summed E-state index contributed by atoms with van der Waals surface area (Å²) in [6.45, 7) is 8.36. The largest absolute Gasteiger partial charge is 0.281 e. The van der Waals surface area contributed by atoms with Crippen molar-refractivity contribution in [1.29, 1.82) is 0 Å². The molecule has 62 valence electrons. The van der Waals surface area contributed by atoms with Crippen LogP contribution in [0.2, 0.25) is 0 Å². The van der Waals surface area contributed by atoms with Gasteiger partial charge in [0.05, 0.1) is 0 Å². The number of aliphatic imine (C=N–C) groups is 1. The van der Waals surface area contributed by atoms with Crippen LogP contribution in [0.25, 0.3) is 0 Å². The predicted octanol–water partition coefficient (Wildman–Crippen LogP) is 2.37. The highest BCUT2D eigenvalue weighted by Gasteiger charge is 2.05. The molecular formula is C10H17N. The zero-order valence-corrected chi connectivity index (χ0v) is 7.83. The monoisotopic (exact) mass is 151 g/mol. The summed E-state index contributed by atoms with van der Waals surface area (Å²) in [7, 11) is 0. The molecule has 0 spiro atoms. The molecule has 0 aromatic carbocycles. The third kappa shape index (κ3) is 4.61. The fourth-order valence-electron chi connectivity index (χ4n) is 0.672. The van der Waals surface area contributed by atoms with E-state index in [9.17, 15) is 0 Å². The lowest BCUT2D eigenvalue weighted by Crippen LogP contribution is -2.10. The zero-order chi connectivity index (χ0) is 8.85. The summed E-state index contributed by atoms with van der Waals surface area (Å²) < 4.78 is 0. The maximum Gasteiger partial charge on any atom is 0.112 e. The summed E-state index contributed by atoms with van der Waals surface area (Å²) in [5.74, 6) is 3.59. The quantitative estimate of drug-likeness (QED) is 0.434. The van der Waals surface area contributed by atoms with Crippen molar-refractivity contribution >= 4 is 6.21 Å². The molecule has 0 bridgehead atoms. The molecule has 0 amide bonds. The first-order chi connectivity index (χ1) is 5.07. The Kier molecular flexibility index (Phi) is 4.61. The first-order valence-electron chi connectivity index (χ1n) is 4.07. The summed E-state index contributed by atoms with van der Waals surface area (Å²) in [5.41, 5.74) is 0. The van der Waals surface area contributed by atoms with Gasteiger partial charge in [0.2, 0.25) is 0 Å². The minimum absolute atomic E-state index is 0.0531. The highest BCUT2D eigenvalue weighted by atomic mass is 14.8. The third-order valence-corrected chi connectivity index (χ3v) is 1.35. The van der Waals surface area contributed by atoms with Gasteiger partial charge in [0.15, 0.2) is 0 Å². The Bertz CT molecular complexity index is 160. The molecule has 0 saturated carbocycles. The topological polar surface area (TPSA) is 12.4 Å². The van der Waals surface area contributed by atoms with Crippen molar-refractivity contribution < 1.29 is 0 Å². The molecule has 0 rings (SSSR count). The van der Waals surface area contributed by atoms with E-state index >= 15 is 0 Å². The van der Waals surface area contributed by atoms with Crippen LogP contribution in [0.1, 0.15) is 27.7 Å². The van der Waals surface area contributed by atoms with Gasteiger partial charge in [0.1, 0.15) is 6.04 Å². The van der Waals surface area contributed by atoms with E-state index in [1.165, 1.54) is 0 Å². The van der Waals surface area contributed by atoms with E-state index < -0.39 is 0 Å². The molecule has 1 unspecified atom stereocenters. The van der Waals surface area contributed by atoms with E-state index in [-0.39, 0.29) is 6.04 Å². The van der Waals surface area contributed by atoms with E-state index in [1.54, 1.807) is 0 Å². The SMILES string of the molecule is C#CC(N=CC(C)C)C(C)C. The molecule has 1 nitrogen and oxygen atoms in total. The Morgan fingerprint density at radius 1 is 1.27 bits per heavy atom. The normalized spacial score (nSPS) is 14.3. The van der Waals surface area contributed by atoms with Crippen LogP contribution in [0.15, 0.2) is 4.99 Å². The van der Waals surface area contributed by atoms with Gasteiger partial charge in [-0.05, 0) is 11.8 Å². The van der Waals surface area contributed by atoms with Gasteiger partial charge in [-0.1, -0.05) is 33.6 Å². The third-order valence-electron chi connectivity index (χ3n) is 1.35. The second-order valence-corrected chi connectivity index (χ2v) is 3.40. The number of nitrogens with zero attached hydrogens (tertiary/aromatic N) is 1. The Morgan fingerprint density at radius 2 is 1.82 bits per heavy atom. The average molecular weight is 151 g/mol. The summed E-state index contributed by atoms with van der Waals surface area (Å²) in [6.07, 6.45) is 7.22. The van der Waals surface area contributed by atoms with Crippen molar-refractivity contribution in [2.45, 2.75) is 33.7 Å². The molecule has 0 heterocycles. The van der Waals surface area contributed by atoms with Crippen LogP contribution in [0, 0.1) is 24.2 Å². The predicted molar refractivity (Wildman–Crippen MR) is 50.8 cm³/mol. The molecular weight excluding hydrogens is 134 g/mol. The van der Waals surface area contributed by atoms with Gasteiger partial charge in [0.25, 0.3) is 0 Å². The minimum atomic E-state index is 0.0531. The lowest BCUT2D eigenvalue weighted by Gasteiger charge is -2.08. The molecule has 0 aromatic heterocycles. The molecule has 0 N–H and O–H groups in total. The lowest BCUT2D eigenvalue weighted by molar-refractivity contribution is 0.586. The van der Waals surface area contributed by atoms with Crippen LogP contribution in [0.5, 0.6) is 0 Å². The smallest absolute Gasteiger partial charge is 0.112 e. The molecule has 11 heavy (non-hydrogen) atoms. The molecule has 0 radical (unpaired) electrons. The Hall–Kier alpha value is -0.770. The van der Waals surface area contributed by atoms with Gasteiger partial charge < -0.3 is 0 Å². The summed E-state index contributed by atoms with van der Waals surface area (Å²) in [5, 5.41) is 0. The molecule has 1 atom stereocenters.